The number of aromatic nitrogens is 2. The van der Waals surface area contributed by atoms with Crippen molar-refractivity contribution in [2.45, 2.75) is 46.6 Å². The highest BCUT2D eigenvalue weighted by atomic mass is 16.5. The molecular formula is C13H22N2O3. The molecule has 1 rings (SSSR count). The smallest absolute Gasteiger partial charge is 0.234 e. The lowest BCUT2D eigenvalue weighted by Crippen LogP contribution is -2.11. The van der Waals surface area contributed by atoms with Crippen LogP contribution in [-0.4, -0.2) is 23.0 Å². The predicted octanol–water partition coefficient (Wildman–Crippen LogP) is 2.57. The quantitative estimate of drug-likeness (QED) is 0.748. The molecule has 0 aliphatic heterocycles. The number of carbonyl (C=O) groups excluding carboxylic acids is 1. The summed E-state index contributed by atoms with van der Waals surface area (Å²) in [5, 5.41) is 3.88. The van der Waals surface area contributed by atoms with Gasteiger partial charge < -0.3 is 9.26 Å². The Bertz CT molecular complexity index is 385. The van der Waals surface area contributed by atoms with Crippen molar-refractivity contribution in [1.82, 2.24) is 10.1 Å². The van der Waals surface area contributed by atoms with Gasteiger partial charge in [0.1, 0.15) is 11.9 Å². The molecule has 1 unspecified atom stereocenters. The fraction of sp³-hybridized carbons (Fsp3) is 0.769. The highest BCUT2D eigenvalue weighted by Crippen LogP contribution is 2.22. The monoisotopic (exact) mass is 254 g/mol. The van der Waals surface area contributed by atoms with Crippen LogP contribution in [-0.2, 0) is 16.0 Å². The van der Waals surface area contributed by atoms with Crippen LogP contribution in [0.5, 0.6) is 0 Å². The zero-order chi connectivity index (χ0) is 13.7. The molecule has 0 fully saturated rings. The Morgan fingerprint density at radius 3 is 2.50 bits per heavy atom. The Hall–Kier alpha value is -1.23. The van der Waals surface area contributed by atoms with Gasteiger partial charge in [-0.3, -0.25) is 4.79 Å². The van der Waals surface area contributed by atoms with Crippen molar-refractivity contribution in [2.75, 3.05) is 7.11 Å². The third-order valence-corrected chi connectivity index (χ3v) is 2.58. The van der Waals surface area contributed by atoms with Gasteiger partial charge in [-0.05, 0) is 11.8 Å². The first-order chi connectivity index (χ1) is 8.43. The molecule has 0 bridgehead atoms. The van der Waals surface area contributed by atoms with Gasteiger partial charge in [-0.2, -0.15) is 4.98 Å². The molecule has 0 spiro atoms. The Morgan fingerprint density at radius 1 is 1.33 bits per heavy atom. The molecule has 0 N–H and O–H groups in total. The van der Waals surface area contributed by atoms with Gasteiger partial charge in [-0.25, -0.2) is 0 Å². The van der Waals surface area contributed by atoms with Crippen molar-refractivity contribution in [2.24, 2.45) is 11.8 Å². The van der Waals surface area contributed by atoms with E-state index < -0.39 is 0 Å². The van der Waals surface area contributed by atoms with E-state index in [2.05, 4.69) is 10.1 Å². The lowest BCUT2D eigenvalue weighted by Gasteiger charge is -2.14. The van der Waals surface area contributed by atoms with Crippen LogP contribution in [0, 0.1) is 11.8 Å². The molecular weight excluding hydrogens is 232 g/mol. The van der Waals surface area contributed by atoms with Crippen molar-refractivity contribution in [3.05, 3.63) is 11.7 Å². The summed E-state index contributed by atoms with van der Waals surface area (Å²) in [6, 6.07) is 0. The Balaban J connectivity index is 2.65. The van der Waals surface area contributed by atoms with E-state index in [1.165, 1.54) is 0 Å². The molecule has 1 aromatic rings. The van der Waals surface area contributed by atoms with Gasteiger partial charge in [0.15, 0.2) is 0 Å². The van der Waals surface area contributed by atoms with Gasteiger partial charge >= 0.3 is 0 Å². The van der Waals surface area contributed by atoms with Crippen molar-refractivity contribution in [1.29, 1.82) is 0 Å². The van der Waals surface area contributed by atoms with E-state index in [-0.39, 0.29) is 24.2 Å². The molecule has 1 aromatic heterocycles. The normalized spacial score (nSPS) is 13.3. The van der Waals surface area contributed by atoms with E-state index in [9.17, 15) is 4.79 Å². The van der Waals surface area contributed by atoms with Crippen LogP contribution in [0.4, 0.5) is 0 Å². The molecule has 0 amide bonds. The molecule has 1 atom stereocenters. The summed E-state index contributed by atoms with van der Waals surface area (Å²) < 4.78 is 10.4. The average Bonchev–Trinajstić information content (AvgIpc) is 2.65. The SMILES string of the molecule is COC(c1noc(CC(=O)CC(C)C)n1)C(C)C. The van der Waals surface area contributed by atoms with E-state index >= 15 is 0 Å². The number of Topliss-reactive ketones (excluding diaryl/α,β-unsaturated/α-hetero) is 1. The predicted molar refractivity (Wildman–Crippen MR) is 67.1 cm³/mol. The summed E-state index contributed by atoms with van der Waals surface area (Å²) in [6.07, 6.45) is 0.553. The lowest BCUT2D eigenvalue weighted by atomic mass is 10.1. The minimum absolute atomic E-state index is 0.124. The van der Waals surface area contributed by atoms with Gasteiger partial charge in [-0.15, -0.1) is 0 Å². The molecule has 18 heavy (non-hydrogen) atoms. The van der Waals surface area contributed by atoms with E-state index in [1.54, 1.807) is 7.11 Å². The van der Waals surface area contributed by atoms with Crippen LogP contribution in [0.15, 0.2) is 4.52 Å². The highest BCUT2D eigenvalue weighted by molar-refractivity contribution is 5.80. The molecule has 0 radical (unpaired) electrons. The van der Waals surface area contributed by atoms with E-state index in [0.717, 1.165) is 0 Å². The van der Waals surface area contributed by atoms with Crippen LogP contribution in [0.3, 0.4) is 0 Å². The molecule has 0 aliphatic carbocycles. The third-order valence-electron chi connectivity index (χ3n) is 2.58. The number of hydrogen-bond acceptors (Lipinski definition) is 5. The maximum absolute atomic E-state index is 11.6. The molecule has 0 saturated heterocycles. The zero-order valence-corrected chi connectivity index (χ0v) is 11.8. The Labute approximate surface area is 108 Å². The van der Waals surface area contributed by atoms with Crippen molar-refractivity contribution < 1.29 is 14.1 Å². The van der Waals surface area contributed by atoms with Crippen LogP contribution in [0.1, 0.15) is 51.9 Å². The standard InChI is InChI=1S/C13H22N2O3/c1-8(2)6-10(16)7-11-14-13(15-18-11)12(17-5)9(3)4/h8-9,12H,6-7H2,1-5H3. The summed E-state index contributed by atoms with van der Waals surface area (Å²) in [5.41, 5.74) is 0. The summed E-state index contributed by atoms with van der Waals surface area (Å²) in [5.74, 6) is 1.62. The minimum Gasteiger partial charge on any atom is -0.373 e. The number of methoxy groups -OCH3 is 1. The number of nitrogens with zero attached hydrogens (tertiary/aromatic N) is 2. The van der Waals surface area contributed by atoms with Gasteiger partial charge in [-0.1, -0.05) is 32.9 Å². The Morgan fingerprint density at radius 2 is 2.00 bits per heavy atom. The van der Waals surface area contributed by atoms with E-state index in [1.807, 2.05) is 27.7 Å². The summed E-state index contributed by atoms with van der Waals surface area (Å²) in [7, 11) is 1.62. The Kier molecular flexibility index (Phi) is 5.47. The maximum atomic E-state index is 11.6. The van der Waals surface area contributed by atoms with Gasteiger partial charge in [0, 0.05) is 13.5 Å². The first-order valence-corrected chi connectivity index (χ1v) is 6.31. The molecule has 102 valence electrons. The number of ketones is 1. The van der Waals surface area contributed by atoms with Gasteiger partial charge in [0.05, 0.1) is 6.42 Å². The first kappa shape index (κ1) is 14.8. The summed E-state index contributed by atoms with van der Waals surface area (Å²) >= 11 is 0. The minimum atomic E-state index is -0.192. The number of rotatable bonds is 7. The zero-order valence-electron chi connectivity index (χ0n) is 11.8. The van der Waals surface area contributed by atoms with E-state index in [4.69, 9.17) is 9.26 Å². The molecule has 1 heterocycles. The summed E-state index contributed by atoms with van der Waals surface area (Å²) in [6.45, 7) is 8.07. The third kappa shape index (κ3) is 4.22. The molecule has 0 aromatic carbocycles. The average molecular weight is 254 g/mol. The van der Waals surface area contributed by atoms with Gasteiger partial charge in [0.25, 0.3) is 0 Å². The van der Waals surface area contributed by atoms with E-state index in [0.29, 0.717) is 24.1 Å². The molecule has 0 aliphatic rings. The fourth-order valence-corrected chi connectivity index (χ4v) is 1.83. The maximum Gasteiger partial charge on any atom is 0.234 e. The van der Waals surface area contributed by atoms with Crippen LogP contribution >= 0.6 is 0 Å². The molecule has 5 heteroatoms. The first-order valence-electron chi connectivity index (χ1n) is 6.31. The second-order valence-corrected chi connectivity index (χ2v) is 5.26. The van der Waals surface area contributed by atoms with Crippen molar-refractivity contribution in [3.63, 3.8) is 0 Å². The molecule has 5 nitrogen and oxygen atoms in total. The number of hydrogen-bond donors (Lipinski definition) is 0. The second-order valence-electron chi connectivity index (χ2n) is 5.26. The highest BCUT2D eigenvalue weighted by Gasteiger charge is 2.22. The number of ether oxygens (including phenoxy) is 1. The fourth-order valence-electron chi connectivity index (χ4n) is 1.83. The number of carbonyl (C=O) groups is 1. The molecule has 0 saturated carbocycles. The lowest BCUT2D eigenvalue weighted by molar-refractivity contribution is -0.119. The van der Waals surface area contributed by atoms with Crippen LogP contribution < -0.4 is 0 Å². The largest absolute Gasteiger partial charge is 0.373 e. The van der Waals surface area contributed by atoms with Crippen molar-refractivity contribution in [3.8, 4) is 0 Å². The van der Waals surface area contributed by atoms with Gasteiger partial charge in [0.2, 0.25) is 11.7 Å². The topological polar surface area (TPSA) is 65.2 Å². The van der Waals surface area contributed by atoms with Crippen LogP contribution in [0.2, 0.25) is 0 Å². The van der Waals surface area contributed by atoms with Crippen LogP contribution in [0.25, 0.3) is 0 Å². The van der Waals surface area contributed by atoms with Crippen molar-refractivity contribution >= 4 is 5.78 Å². The summed E-state index contributed by atoms with van der Waals surface area (Å²) in [4.78, 5) is 15.9. The second kappa shape index (κ2) is 6.64.